The van der Waals surface area contributed by atoms with Gasteiger partial charge >= 0.3 is 5.91 Å². The molecule has 0 aromatic carbocycles. The van der Waals surface area contributed by atoms with Gasteiger partial charge in [-0.25, -0.2) is 4.79 Å². The van der Waals surface area contributed by atoms with Crippen LogP contribution in [0.3, 0.4) is 0 Å². The smallest absolute Gasteiger partial charge is 0.313 e. The Bertz CT molecular complexity index is 217. The van der Waals surface area contributed by atoms with E-state index in [-0.39, 0.29) is 12.5 Å². The second-order valence-electron chi connectivity index (χ2n) is 3.47. The summed E-state index contributed by atoms with van der Waals surface area (Å²) in [4.78, 5) is 24.8. The molecule has 3 N–H and O–H groups in total. The van der Waals surface area contributed by atoms with Crippen molar-refractivity contribution >= 4 is 11.8 Å². The van der Waals surface area contributed by atoms with Crippen LogP contribution in [0.5, 0.6) is 0 Å². The second kappa shape index (κ2) is 4.34. The van der Waals surface area contributed by atoms with Crippen molar-refractivity contribution < 1.29 is 14.5 Å². The molecule has 0 aliphatic carbocycles. The van der Waals surface area contributed by atoms with E-state index in [0.717, 1.165) is 13.1 Å². The minimum atomic E-state index is -0.409. The normalized spacial score (nSPS) is 25.6. The third kappa shape index (κ3) is 3.12. The number of hydrogen-bond acceptors (Lipinski definition) is 3. The summed E-state index contributed by atoms with van der Waals surface area (Å²) in [6.07, 6.45) is 0.513. The van der Waals surface area contributed by atoms with Crippen LogP contribution in [0.2, 0.25) is 0 Å². The SMILES string of the molecule is CN1CCC(=O)[NH+](CC(N)=O)CC1. The zero-order valence-electron chi connectivity index (χ0n) is 7.88. The summed E-state index contributed by atoms with van der Waals surface area (Å²) in [6.45, 7) is 2.43. The van der Waals surface area contributed by atoms with Gasteiger partial charge in [0.2, 0.25) is 0 Å². The van der Waals surface area contributed by atoms with Crippen molar-refractivity contribution in [2.75, 3.05) is 33.2 Å². The number of likely N-dealkylation sites (N-methyl/N-ethyl adjacent to an activating group) is 1. The molecule has 0 bridgehead atoms. The molecule has 1 rings (SSSR count). The van der Waals surface area contributed by atoms with Crippen LogP contribution in [-0.2, 0) is 9.59 Å². The third-order valence-corrected chi connectivity index (χ3v) is 2.30. The van der Waals surface area contributed by atoms with E-state index < -0.39 is 5.91 Å². The number of rotatable bonds is 2. The van der Waals surface area contributed by atoms with Crippen molar-refractivity contribution in [3.8, 4) is 0 Å². The average molecular weight is 186 g/mol. The van der Waals surface area contributed by atoms with Crippen molar-refractivity contribution in [2.24, 2.45) is 5.73 Å². The summed E-state index contributed by atoms with van der Waals surface area (Å²) in [6, 6.07) is 0. The van der Waals surface area contributed by atoms with E-state index in [1.807, 2.05) is 7.05 Å². The zero-order chi connectivity index (χ0) is 9.84. The quantitative estimate of drug-likeness (QED) is 0.490. The third-order valence-electron chi connectivity index (χ3n) is 2.30. The van der Waals surface area contributed by atoms with E-state index in [0.29, 0.717) is 17.9 Å². The van der Waals surface area contributed by atoms with Crippen LogP contribution >= 0.6 is 0 Å². The first kappa shape index (κ1) is 10.1. The lowest BCUT2D eigenvalue weighted by molar-refractivity contribution is -0.810. The maximum Gasteiger partial charge on any atom is 0.313 e. The van der Waals surface area contributed by atoms with Gasteiger partial charge in [0, 0.05) is 13.1 Å². The maximum atomic E-state index is 11.4. The molecule has 2 amide bonds. The summed E-state index contributed by atoms with van der Waals surface area (Å²) in [7, 11) is 1.97. The molecule has 0 aromatic heterocycles. The number of carbonyl (C=O) groups is 2. The Kier molecular flexibility index (Phi) is 3.39. The number of amides is 2. The first-order valence-electron chi connectivity index (χ1n) is 4.44. The fourth-order valence-corrected chi connectivity index (χ4v) is 1.44. The molecule has 74 valence electrons. The molecule has 1 aliphatic rings. The predicted molar refractivity (Wildman–Crippen MR) is 47.0 cm³/mol. The van der Waals surface area contributed by atoms with Gasteiger partial charge in [0.1, 0.15) is 0 Å². The highest BCUT2D eigenvalue weighted by Gasteiger charge is 2.24. The highest BCUT2D eigenvalue weighted by atomic mass is 16.2. The first-order valence-corrected chi connectivity index (χ1v) is 4.44. The van der Waals surface area contributed by atoms with E-state index in [1.165, 1.54) is 0 Å². The molecule has 1 atom stereocenters. The molecule has 1 fully saturated rings. The second-order valence-corrected chi connectivity index (χ2v) is 3.47. The summed E-state index contributed by atoms with van der Waals surface area (Å²) in [5, 5.41) is 0. The van der Waals surface area contributed by atoms with E-state index >= 15 is 0 Å². The van der Waals surface area contributed by atoms with Gasteiger partial charge < -0.3 is 10.6 Å². The largest absolute Gasteiger partial charge is 0.365 e. The monoisotopic (exact) mass is 186 g/mol. The molecule has 0 radical (unpaired) electrons. The minimum absolute atomic E-state index is 0.100. The van der Waals surface area contributed by atoms with Gasteiger partial charge in [0.15, 0.2) is 6.54 Å². The standard InChI is InChI=1S/C8H15N3O2/c1-10-3-2-8(13)11(5-4-10)6-7(9)12/h2-6H2,1H3,(H2,9,12)/p+1. The molecule has 1 heterocycles. The molecule has 0 saturated carbocycles. The number of carbonyl (C=O) groups excluding carboxylic acids is 2. The van der Waals surface area contributed by atoms with Crippen LogP contribution in [0.15, 0.2) is 0 Å². The zero-order valence-corrected chi connectivity index (χ0v) is 7.88. The number of primary amides is 1. The van der Waals surface area contributed by atoms with Crippen molar-refractivity contribution in [3.05, 3.63) is 0 Å². The Balaban J connectivity index is 2.52. The van der Waals surface area contributed by atoms with Crippen LogP contribution in [-0.4, -0.2) is 49.9 Å². The lowest BCUT2D eigenvalue weighted by Crippen LogP contribution is -3.16. The van der Waals surface area contributed by atoms with E-state index in [4.69, 9.17) is 5.73 Å². The van der Waals surface area contributed by atoms with E-state index in [1.54, 1.807) is 0 Å². The topological polar surface area (TPSA) is 67.8 Å². The summed E-state index contributed by atoms with van der Waals surface area (Å²) < 4.78 is 0. The van der Waals surface area contributed by atoms with Gasteiger partial charge in [-0.1, -0.05) is 0 Å². The number of nitrogens with two attached hydrogens (primary N) is 1. The molecule has 5 heteroatoms. The Labute approximate surface area is 77.5 Å². The van der Waals surface area contributed by atoms with Crippen molar-refractivity contribution in [3.63, 3.8) is 0 Å². The molecule has 0 spiro atoms. The van der Waals surface area contributed by atoms with Crippen LogP contribution < -0.4 is 10.6 Å². The van der Waals surface area contributed by atoms with Gasteiger partial charge in [-0.2, -0.15) is 0 Å². The van der Waals surface area contributed by atoms with Crippen molar-refractivity contribution in [2.45, 2.75) is 6.42 Å². The molecule has 5 nitrogen and oxygen atoms in total. The highest BCUT2D eigenvalue weighted by molar-refractivity contribution is 5.77. The number of quaternary nitrogens is 1. The fourth-order valence-electron chi connectivity index (χ4n) is 1.44. The first-order chi connectivity index (χ1) is 6.09. The maximum absolute atomic E-state index is 11.4. The van der Waals surface area contributed by atoms with Crippen LogP contribution in [0.1, 0.15) is 6.42 Å². The lowest BCUT2D eigenvalue weighted by atomic mass is 10.3. The summed E-state index contributed by atoms with van der Waals surface area (Å²) in [5.74, 6) is -0.309. The van der Waals surface area contributed by atoms with Crippen LogP contribution in [0.25, 0.3) is 0 Å². The number of nitrogens with zero attached hydrogens (tertiary/aromatic N) is 1. The van der Waals surface area contributed by atoms with Gasteiger partial charge in [-0.15, -0.1) is 0 Å². The summed E-state index contributed by atoms with van der Waals surface area (Å²) >= 11 is 0. The van der Waals surface area contributed by atoms with Gasteiger partial charge in [-0.3, -0.25) is 9.69 Å². The number of hydrogen-bond donors (Lipinski definition) is 2. The van der Waals surface area contributed by atoms with Gasteiger partial charge in [-0.05, 0) is 7.05 Å². The lowest BCUT2D eigenvalue weighted by Gasteiger charge is -2.12. The fraction of sp³-hybridized carbons (Fsp3) is 0.750. The molecule has 13 heavy (non-hydrogen) atoms. The molecule has 1 aliphatic heterocycles. The van der Waals surface area contributed by atoms with Crippen LogP contribution in [0, 0.1) is 0 Å². The molecular weight excluding hydrogens is 170 g/mol. The Morgan fingerprint density at radius 2 is 2.31 bits per heavy atom. The molecular formula is C8H16N3O2+. The molecule has 1 saturated heterocycles. The van der Waals surface area contributed by atoms with Crippen molar-refractivity contribution in [1.29, 1.82) is 0 Å². The Morgan fingerprint density at radius 1 is 1.62 bits per heavy atom. The number of nitrogens with one attached hydrogen (secondary N) is 1. The highest BCUT2D eigenvalue weighted by Crippen LogP contribution is 1.88. The van der Waals surface area contributed by atoms with E-state index in [9.17, 15) is 9.59 Å². The van der Waals surface area contributed by atoms with Crippen LogP contribution in [0.4, 0.5) is 0 Å². The minimum Gasteiger partial charge on any atom is -0.365 e. The van der Waals surface area contributed by atoms with E-state index in [2.05, 4.69) is 4.90 Å². The van der Waals surface area contributed by atoms with Crippen molar-refractivity contribution in [1.82, 2.24) is 4.90 Å². The molecule has 1 unspecified atom stereocenters. The average Bonchev–Trinajstić information content (AvgIpc) is 2.19. The Hall–Kier alpha value is -0.940. The Morgan fingerprint density at radius 3 is 2.92 bits per heavy atom. The predicted octanol–water partition coefficient (Wildman–Crippen LogP) is -2.78. The molecule has 0 aromatic rings. The van der Waals surface area contributed by atoms with Gasteiger partial charge in [0.25, 0.3) is 5.91 Å². The summed E-state index contributed by atoms with van der Waals surface area (Å²) in [5.41, 5.74) is 5.05. The van der Waals surface area contributed by atoms with Gasteiger partial charge in [0.05, 0.1) is 13.0 Å².